The van der Waals surface area contributed by atoms with E-state index in [0.29, 0.717) is 23.0 Å². The van der Waals surface area contributed by atoms with E-state index in [0.717, 1.165) is 11.6 Å². The predicted octanol–water partition coefficient (Wildman–Crippen LogP) is 3.97. The average molecular weight is 484 g/mol. The molecule has 0 fully saturated rings. The summed E-state index contributed by atoms with van der Waals surface area (Å²) >= 11 is 0. The zero-order chi connectivity index (χ0) is 24.3. The lowest BCUT2D eigenvalue weighted by atomic mass is 10.1. The lowest BCUT2D eigenvalue weighted by Crippen LogP contribution is -2.14. The standard InChI is InChI=1S/C22H20N4O7S/c1-14(15-7-10-21-22(11-15)33-13-32-21)23-24-17-9-8-16(12-19(17)26(27)28)34(29,30)25-18-5-3-4-6-20(18)31-2/h3-12,24-25H,13H2,1-2H3/b23-14+. The van der Waals surface area contributed by atoms with Crippen molar-refractivity contribution in [2.75, 3.05) is 24.1 Å². The van der Waals surface area contributed by atoms with Gasteiger partial charge in [0, 0.05) is 11.6 Å². The molecule has 12 heteroatoms. The maximum atomic E-state index is 12.8. The van der Waals surface area contributed by atoms with Crippen LogP contribution in [0.5, 0.6) is 17.2 Å². The van der Waals surface area contributed by atoms with Crippen molar-refractivity contribution in [3.05, 3.63) is 76.3 Å². The van der Waals surface area contributed by atoms with Gasteiger partial charge in [-0.2, -0.15) is 5.10 Å². The number of rotatable bonds is 8. The number of benzene rings is 3. The number of hydrogen-bond acceptors (Lipinski definition) is 9. The van der Waals surface area contributed by atoms with Crippen LogP contribution in [-0.4, -0.2) is 33.0 Å². The third-order valence-corrected chi connectivity index (χ3v) is 6.33. The van der Waals surface area contributed by atoms with E-state index in [1.165, 1.54) is 25.3 Å². The quantitative estimate of drug-likeness (QED) is 0.278. The number of nitrogens with one attached hydrogen (secondary N) is 2. The number of fused-ring (bicyclic) bond motifs is 1. The summed E-state index contributed by atoms with van der Waals surface area (Å²) in [5, 5.41) is 15.9. The predicted molar refractivity (Wildman–Crippen MR) is 125 cm³/mol. The molecule has 176 valence electrons. The van der Waals surface area contributed by atoms with Crippen LogP contribution in [0.1, 0.15) is 12.5 Å². The van der Waals surface area contributed by atoms with Crippen molar-refractivity contribution in [1.82, 2.24) is 0 Å². The topological polar surface area (TPSA) is 141 Å². The van der Waals surface area contributed by atoms with Crippen LogP contribution in [0.15, 0.2) is 70.7 Å². The number of hydrazone groups is 1. The molecule has 2 N–H and O–H groups in total. The van der Waals surface area contributed by atoms with Gasteiger partial charge in [-0.05, 0) is 49.4 Å². The molecule has 0 saturated heterocycles. The first-order chi connectivity index (χ1) is 16.3. The summed E-state index contributed by atoms with van der Waals surface area (Å²) in [4.78, 5) is 10.7. The highest BCUT2D eigenvalue weighted by Crippen LogP contribution is 2.33. The van der Waals surface area contributed by atoms with Crippen molar-refractivity contribution in [3.8, 4) is 17.2 Å². The fraction of sp³-hybridized carbons (Fsp3) is 0.136. The van der Waals surface area contributed by atoms with E-state index < -0.39 is 20.6 Å². The Hall–Kier alpha value is -4.32. The first kappa shape index (κ1) is 22.9. The Labute approximate surface area is 195 Å². The van der Waals surface area contributed by atoms with Gasteiger partial charge in [-0.3, -0.25) is 20.3 Å². The van der Waals surface area contributed by atoms with Gasteiger partial charge < -0.3 is 14.2 Å². The van der Waals surface area contributed by atoms with E-state index in [1.807, 2.05) is 0 Å². The van der Waals surface area contributed by atoms with Crippen LogP contribution in [0.4, 0.5) is 17.1 Å². The second kappa shape index (κ2) is 9.27. The highest BCUT2D eigenvalue weighted by Gasteiger charge is 2.23. The molecule has 1 aliphatic heterocycles. The zero-order valence-corrected chi connectivity index (χ0v) is 19.0. The van der Waals surface area contributed by atoms with E-state index in [9.17, 15) is 18.5 Å². The Balaban J connectivity index is 1.59. The third-order valence-electron chi connectivity index (χ3n) is 4.96. The first-order valence-electron chi connectivity index (χ1n) is 9.93. The lowest BCUT2D eigenvalue weighted by Gasteiger charge is -2.12. The molecule has 3 aromatic rings. The SMILES string of the molecule is COc1ccccc1NS(=O)(=O)c1ccc(N/N=C(\C)c2ccc3c(c2)OCO3)c([N+](=O)[O-])c1. The Kier molecular flexibility index (Phi) is 6.23. The van der Waals surface area contributed by atoms with E-state index in [2.05, 4.69) is 15.2 Å². The minimum atomic E-state index is -4.12. The van der Waals surface area contributed by atoms with Crippen molar-refractivity contribution >= 4 is 32.8 Å². The van der Waals surface area contributed by atoms with Gasteiger partial charge in [0.15, 0.2) is 11.5 Å². The monoisotopic (exact) mass is 484 g/mol. The molecule has 0 aliphatic carbocycles. The number of nitro benzene ring substituents is 1. The summed E-state index contributed by atoms with van der Waals surface area (Å²) in [5.41, 5.74) is 3.68. The van der Waals surface area contributed by atoms with Crippen LogP contribution in [0.3, 0.4) is 0 Å². The van der Waals surface area contributed by atoms with Gasteiger partial charge in [-0.15, -0.1) is 0 Å². The molecule has 0 unspecified atom stereocenters. The van der Waals surface area contributed by atoms with E-state index in [4.69, 9.17) is 14.2 Å². The van der Waals surface area contributed by atoms with E-state index >= 15 is 0 Å². The van der Waals surface area contributed by atoms with Crippen molar-refractivity contribution in [2.24, 2.45) is 5.10 Å². The molecule has 0 radical (unpaired) electrons. The summed E-state index contributed by atoms with van der Waals surface area (Å²) < 4.78 is 43.8. The van der Waals surface area contributed by atoms with Gasteiger partial charge in [0.25, 0.3) is 15.7 Å². The fourth-order valence-corrected chi connectivity index (χ4v) is 4.28. The van der Waals surface area contributed by atoms with Crippen molar-refractivity contribution < 1.29 is 27.6 Å². The number of ether oxygens (including phenoxy) is 3. The second-order valence-electron chi connectivity index (χ2n) is 7.12. The molecule has 0 aromatic heterocycles. The largest absolute Gasteiger partial charge is 0.495 e. The lowest BCUT2D eigenvalue weighted by molar-refractivity contribution is -0.384. The summed E-state index contributed by atoms with van der Waals surface area (Å²) in [7, 11) is -2.72. The van der Waals surface area contributed by atoms with Crippen LogP contribution in [0.25, 0.3) is 0 Å². The zero-order valence-electron chi connectivity index (χ0n) is 18.1. The van der Waals surface area contributed by atoms with Crippen molar-refractivity contribution in [1.29, 1.82) is 0 Å². The number of nitrogens with zero attached hydrogens (tertiary/aromatic N) is 2. The minimum Gasteiger partial charge on any atom is -0.495 e. The van der Waals surface area contributed by atoms with E-state index in [1.54, 1.807) is 43.3 Å². The minimum absolute atomic E-state index is 0.0290. The molecular weight excluding hydrogens is 464 g/mol. The van der Waals surface area contributed by atoms with E-state index in [-0.39, 0.29) is 23.1 Å². The number of methoxy groups -OCH3 is 1. The van der Waals surface area contributed by atoms with Gasteiger partial charge in [0.2, 0.25) is 6.79 Å². The van der Waals surface area contributed by atoms with Gasteiger partial charge in [0.1, 0.15) is 11.4 Å². The Bertz CT molecular complexity index is 1390. The summed E-state index contributed by atoms with van der Waals surface area (Å²) in [6, 6.07) is 15.2. The fourth-order valence-electron chi connectivity index (χ4n) is 3.19. The number of hydrogen-bond donors (Lipinski definition) is 2. The molecule has 1 aliphatic rings. The Morgan fingerprint density at radius 2 is 1.82 bits per heavy atom. The summed E-state index contributed by atoms with van der Waals surface area (Å²) in [5.74, 6) is 1.51. The summed E-state index contributed by atoms with van der Waals surface area (Å²) in [6.07, 6.45) is 0. The van der Waals surface area contributed by atoms with Crippen LogP contribution < -0.4 is 24.4 Å². The number of nitro groups is 1. The van der Waals surface area contributed by atoms with Crippen molar-refractivity contribution in [2.45, 2.75) is 11.8 Å². The van der Waals surface area contributed by atoms with Crippen molar-refractivity contribution in [3.63, 3.8) is 0 Å². The third kappa shape index (κ3) is 4.71. The number of sulfonamides is 1. The van der Waals surface area contributed by atoms with Crippen LogP contribution in [0.2, 0.25) is 0 Å². The molecule has 1 heterocycles. The van der Waals surface area contributed by atoms with Gasteiger partial charge in [-0.1, -0.05) is 12.1 Å². The normalized spacial score (nSPS) is 12.8. The Morgan fingerprint density at radius 3 is 2.59 bits per heavy atom. The van der Waals surface area contributed by atoms with Gasteiger partial charge in [-0.25, -0.2) is 8.42 Å². The maximum absolute atomic E-state index is 12.8. The van der Waals surface area contributed by atoms with Gasteiger partial charge in [0.05, 0.1) is 28.3 Å². The molecule has 0 bridgehead atoms. The highest BCUT2D eigenvalue weighted by molar-refractivity contribution is 7.92. The molecule has 4 rings (SSSR count). The summed E-state index contributed by atoms with van der Waals surface area (Å²) in [6.45, 7) is 1.85. The molecular formula is C22H20N4O7S. The van der Waals surface area contributed by atoms with Crippen LogP contribution in [0, 0.1) is 10.1 Å². The molecule has 3 aromatic carbocycles. The van der Waals surface area contributed by atoms with Crippen LogP contribution >= 0.6 is 0 Å². The number of para-hydroxylation sites is 2. The highest BCUT2D eigenvalue weighted by atomic mass is 32.2. The molecule has 0 amide bonds. The van der Waals surface area contributed by atoms with Crippen LogP contribution in [-0.2, 0) is 10.0 Å². The number of anilines is 2. The Morgan fingerprint density at radius 1 is 1.06 bits per heavy atom. The first-order valence-corrected chi connectivity index (χ1v) is 11.4. The molecule has 0 atom stereocenters. The molecule has 0 saturated carbocycles. The molecule has 0 spiro atoms. The maximum Gasteiger partial charge on any atom is 0.295 e. The van der Waals surface area contributed by atoms with Gasteiger partial charge >= 0.3 is 0 Å². The second-order valence-corrected chi connectivity index (χ2v) is 8.80. The average Bonchev–Trinajstić information content (AvgIpc) is 3.30. The molecule has 11 nitrogen and oxygen atoms in total. The smallest absolute Gasteiger partial charge is 0.295 e. The molecule has 34 heavy (non-hydrogen) atoms.